The monoisotopic (exact) mass is 797 g/mol. The summed E-state index contributed by atoms with van der Waals surface area (Å²) in [5.74, 6) is 1.06. The molecule has 9 heterocycles. The van der Waals surface area contributed by atoms with Gasteiger partial charge in [0.25, 0.3) is 0 Å². The van der Waals surface area contributed by atoms with Gasteiger partial charge in [-0.15, -0.1) is 11.8 Å². The van der Waals surface area contributed by atoms with E-state index < -0.39 is 58.7 Å². The van der Waals surface area contributed by atoms with Crippen LogP contribution in [0, 0.1) is 13.8 Å². The van der Waals surface area contributed by atoms with Crippen molar-refractivity contribution in [2.24, 2.45) is 0 Å². The molecule has 0 radical (unpaired) electrons. The van der Waals surface area contributed by atoms with E-state index in [2.05, 4.69) is 23.2 Å². The first-order valence-electron chi connectivity index (χ1n) is 19.4. The minimum Gasteiger partial charge on any atom is -0.504 e. The lowest BCUT2D eigenvalue weighted by Crippen LogP contribution is -2.75. The standard InChI is InChI=1S/C42H43N3O11S/c1-17-10-23-27(32(48)33(17)51-5)30-31-37-29-28(36-35(53-16-54-36)18(2)34(29)55-19(3)47)25(44(31)39(49)24-12-41(23,4)45(24)30)14-52-40(50)42(15-57-37)38-22(11-20(13-46)43-42)21-8-6-7-9-26(21)56-38/h6-10,20,24-25,30-31,37,39,43,46,48-49H,11-16H2,1-5H3/t20-,24-,25-,30+,31+,37+,39-,41+,42+/m0/s1. The number of phenolic OH excluding ortho intramolecular Hbond substituents is 1. The predicted octanol–water partition coefficient (Wildman–Crippen LogP) is 4.25. The summed E-state index contributed by atoms with van der Waals surface area (Å²) in [6, 6.07) is 7.06. The number of ether oxygens (including phenoxy) is 5. The van der Waals surface area contributed by atoms with E-state index in [1.807, 2.05) is 43.0 Å². The third-order valence-corrected chi connectivity index (χ3v) is 15.2. The topological polar surface area (TPSA) is 173 Å². The zero-order valence-corrected chi connectivity index (χ0v) is 32.9. The van der Waals surface area contributed by atoms with Gasteiger partial charge in [0.2, 0.25) is 6.79 Å². The van der Waals surface area contributed by atoms with Crippen molar-refractivity contribution in [1.82, 2.24) is 15.1 Å². The Kier molecular flexibility index (Phi) is 7.52. The lowest BCUT2D eigenvalue weighted by molar-refractivity contribution is -0.249. The Morgan fingerprint density at radius 2 is 1.89 bits per heavy atom. The van der Waals surface area contributed by atoms with Crippen LogP contribution in [0.5, 0.6) is 28.7 Å². The molecule has 0 amide bonds. The number of furan rings is 1. The number of methoxy groups -OCH3 is 1. The summed E-state index contributed by atoms with van der Waals surface area (Å²) in [5, 5.41) is 39.2. The molecule has 14 nitrogen and oxygen atoms in total. The number of rotatable bonds is 3. The molecule has 4 aromatic rings. The van der Waals surface area contributed by atoms with E-state index in [4.69, 9.17) is 28.1 Å². The molecule has 3 saturated heterocycles. The molecule has 3 fully saturated rings. The predicted molar refractivity (Wildman–Crippen MR) is 204 cm³/mol. The number of aryl methyl sites for hydroxylation is 1. The Bertz CT molecular complexity index is 2450. The molecule has 1 spiro atoms. The van der Waals surface area contributed by atoms with Crippen LogP contribution in [0.25, 0.3) is 11.0 Å². The number of thioether (sulfide) groups is 1. The number of fused-ring (bicyclic) bond motifs is 10. The van der Waals surface area contributed by atoms with E-state index in [1.54, 1.807) is 7.11 Å². The number of piperazine rings is 1. The second kappa shape index (κ2) is 12.0. The second-order valence-corrected chi connectivity index (χ2v) is 17.7. The van der Waals surface area contributed by atoms with Gasteiger partial charge in [-0.2, -0.15) is 0 Å². The summed E-state index contributed by atoms with van der Waals surface area (Å²) in [7, 11) is 1.55. The average Bonchev–Trinajstić information content (AvgIpc) is 3.88. The maximum absolute atomic E-state index is 14.9. The van der Waals surface area contributed by atoms with Gasteiger partial charge in [-0.3, -0.25) is 19.9 Å². The zero-order chi connectivity index (χ0) is 39.4. The van der Waals surface area contributed by atoms with Crippen molar-refractivity contribution in [1.29, 1.82) is 0 Å². The van der Waals surface area contributed by atoms with Gasteiger partial charge in [0.1, 0.15) is 29.9 Å². The normalized spacial score (nSPS) is 33.2. The Labute approximate surface area is 331 Å². The number of benzene rings is 3. The summed E-state index contributed by atoms with van der Waals surface area (Å²) < 4.78 is 37.3. The highest BCUT2D eigenvalue weighted by Crippen LogP contribution is 2.70. The van der Waals surface area contributed by atoms with E-state index in [1.165, 1.54) is 18.7 Å². The summed E-state index contributed by atoms with van der Waals surface area (Å²) in [6.07, 6.45) is 0.0446. The van der Waals surface area contributed by atoms with E-state index in [-0.39, 0.29) is 37.6 Å². The third-order valence-electron chi connectivity index (χ3n) is 13.7. The van der Waals surface area contributed by atoms with Crippen LogP contribution in [0.3, 0.4) is 0 Å². The van der Waals surface area contributed by atoms with Crippen molar-refractivity contribution in [3.8, 4) is 28.7 Å². The number of phenols is 1. The molecule has 9 atom stereocenters. The van der Waals surface area contributed by atoms with Crippen LogP contribution in [0.1, 0.15) is 82.3 Å². The average molecular weight is 798 g/mol. The molecule has 8 aliphatic rings. The van der Waals surface area contributed by atoms with Crippen molar-refractivity contribution >= 4 is 34.7 Å². The number of hydrogen-bond donors (Lipinski definition) is 4. The lowest BCUT2D eigenvalue weighted by Gasteiger charge is -2.67. The highest BCUT2D eigenvalue weighted by molar-refractivity contribution is 7.99. The van der Waals surface area contributed by atoms with E-state index in [9.17, 15) is 24.9 Å². The SMILES string of the molecule is COc1c(C)cc2c(c1O)[C@@H]1[C@@H]3[C@@H]4SC[C@]5(N[C@H](CO)Cc6c5oc5ccccc65)C(=O)OC[C@@H](c5c6c(c(C)c(OC(C)=O)c54)OCO6)N3[C@@H](O)[C@@H]3C[C@@]2(C)N13. The molecule has 12 rings (SSSR count). The quantitative estimate of drug-likeness (QED) is 0.171. The van der Waals surface area contributed by atoms with Gasteiger partial charge in [-0.05, 0) is 56.9 Å². The molecule has 15 heteroatoms. The van der Waals surface area contributed by atoms with Gasteiger partial charge in [0.05, 0.1) is 37.1 Å². The van der Waals surface area contributed by atoms with Crippen LogP contribution < -0.4 is 24.3 Å². The van der Waals surface area contributed by atoms with Crippen LogP contribution in [0.4, 0.5) is 0 Å². The first-order valence-corrected chi connectivity index (χ1v) is 20.5. The fourth-order valence-corrected chi connectivity index (χ4v) is 13.2. The molecule has 1 aromatic heterocycles. The van der Waals surface area contributed by atoms with Gasteiger partial charge < -0.3 is 43.4 Å². The van der Waals surface area contributed by atoms with Crippen molar-refractivity contribution in [2.45, 2.75) is 93.3 Å². The number of carbonyl (C=O) groups is 2. The number of esters is 2. The Morgan fingerprint density at radius 1 is 1.11 bits per heavy atom. The summed E-state index contributed by atoms with van der Waals surface area (Å²) >= 11 is 1.45. The van der Waals surface area contributed by atoms with Crippen molar-refractivity contribution in [3.63, 3.8) is 0 Å². The molecule has 57 heavy (non-hydrogen) atoms. The van der Waals surface area contributed by atoms with Crippen LogP contribution in [0.15, 0.2) is 34.7 Å². The molecule has 3 aromatic carbocycles. The maximum Gasteiger partial charge on any atom is 0.335 e. The number of aliphatic hydroxyl groups excluding tert-OH is 2. The maximum atomic E-state index is 14.9. The van der Waals surface area contributed by atoms with Gasteiger partial charge in [0, 0.05) is 63.5 Å². The minimum atomic E-state index is -1.53. The summed E-state index contributed by atoms with van der Waals surface area (Å²) in [4.78, 5) is 32.3. The molecule has 0 saturated carbocycles. The number of carbonyl (C=O) groups excluding carboxylic acids is 2. The van der Waals surface area contributed by atoms with Crippen molar-refractivity contribution < 1.29 is 53.0 Å². The number of aliphatic hydroxyl groups is 2. The first kappa shape index (κ1) is 35.6. The molecule has 0 aliphatic carbocycles. The first-order chi connectivity index (χ1) is 27.4. The summed E-state index contributed by atoms with van der Waals surface area (Å²) in [6.45, 7) is 6.75. The summed E-state index contributed by atoms with van der Waals surface area (Å²) in [5.41, 5.74) is 3.82. The Hall–Kier alpha value is -4.51. The highest BCUT2D eigenvalue weighted by atomic mass is 32.2. The highest BCUT2D eigenvalue weighted by Gasteiger charge is 2.71. The molecular formula is C42H43N3O11S. The van der Waals surface area contributed by atoms with Crippen LogP contribution >= 0.6 is 11.8 Å². The Morgan fingerprint density at radius 3 is 2.67 bits per heavy atom. The molecule has 8 aliphatic heterocycles. The van der Waals surface area contributed by atoms with Crippen LogP contribution in [-0.2, 0) is 31.8 Å². The van der Waals surface area contributed by atoms with Gasteiger partial charge in [-0.1, -0.05) is 18.2 Å². The number of para-hydroxylation sites is 1. The smallest absolute Gasteiger partial charge is 0.335 e. The van der Waals surface area contributed by atoms with Gasteiger partial charge in [-0.25, -0.2) is 4.79 Å². The third kappa shape index (κ3) is 4.39. The van der Waals surface area contributed by atoms with Crippen molar-refractivity contribution in [3.05, 3.63) is 75.0 Å². The van der Waals surface area contributed by atoms with Crippen LogP contribution in [0.2, 0.25) is 0 Å². The number of nitrogens with zero attached hydrogens (tertiary/aromatic N) is 2. The van der Waals surface area contributed by atoms with Gasteiger partial charge >= 0.3 is 11.9 Å². The van der Waals surface area contributed by atoms with Crippen LogP contribution in [-0.4, -0.2) is 94.3 Å². The molecule has 298 valence electrons. The Balaban J connectivity index is 1.18. The van der Waals surface area contributed by atoms with E-state index in [0.29, 0.717) is 63.9 Å². The van der Waals surface area contributed by atoms with E-state index >= 15 is 0 Å². The largest absolute Gasteiger partial charge is 0.504 e. The molecular weight excluding hydrogens is 755 g/mol. The minimum absolute atomic E-state index is 0.0537. The molecule has 2 bridgehead atoms. The number of aromatic hydroxyl groups is 1. The number of nitrogens with one attached hydrogen (secondary N) is 1. The molecule has 0 unspecified atom stereocenters. The second-order valence-electron chi connectivity index (χ2n) is 16.6. The lowest BCUT2D eigenvalue weighted by atomic mass is 9.72. The van der Waals surface area contributed by atoms with Crippen molar-refractivity contribution in [2.75, 3.05) is 32.9 Å². The number of hydrogen-bond acceptors (Lipinski definition) is 15. The van der Waals surface area contributed by atoms with E-state index in [0.717, 1.165) is 27.6 Å². The zero-order valence-electron chi connectivity index (χ0n) is 32.1. The fourth-order valence-electron chi connectivity index (χ4n) is 11.5. The fraction of sp³-hybridized carbons (Fsp3) is 0.476. The van der Waals surface area contributed by atoms with Gasteiger partial charge in [0.15, 0.2) is 28.5 Å². The molecule has 4 N–H and O–H groups in total.